The third kappa shape index (κ3) is 7.18. The number of nitrogens with one attached hydrogen (secondary N) is 2. The minimum absolute atomic E-state index is 0.0667. The normalized spacial score (nSPS) is 13.2. The number of halogens is 3. The fraction of sp³-hybridized carbons (Fsp3) is 0.615. The molecule has 1 unspecified atom stereocenters. The van der Waals surface area contributed by atoms with E-state index in [0.29, 0.717) is 25.3 Å². The molecule has 0 fully saturated rings. The Kier molecular flexibility index (Phi) is 6.57. The lowest BCUT2D eigenvalue weighted by Crippen LogP contribution is -2.42. The molecule has 4 nitrogen and oxygen atoms in total. The molecule has 0 saturated carbocycles. The molecule has 1 atom stereocenters. The monoisotopic (exact) mass is 292 g/mol. The Balaban J connectivity index is 2.09. The van der Waals surface area contributed by atoms with E-state index in [4.69, 9.17) is 4.42 Å². The second-order valence-corrected chi connectivity index (χ2v) is 4.55. The van der Waals surface area contributed by atoms with Gasteiger partial charge in [0.05, 0.1) is 18.8 Å². The van der Waals surface area contributed by atoms with E-state index in [-0.39, 0.29) is 12.3 Å². The summed E-state index contributed by atoms with van der Waals surface area (Å²) in [5.41, 5.74) is 0. The molecular formula is C13H19F3N2O2. The van der Waals surface area contributed by atoms with Crippen LogP contribution in [-0.4, -0.2) is 24.7 Å². The summed E-state index contributed by atoms with van der Waals surface area (Å²) < 4.78 is 40.8. The van der Waals surface area contributed by atoms with E-state index < -0.39 is 18.6 Å². The molecule has 114 valence electrons. The molecule has 0 radical (unpaired) electrons. The second kappa shape index (κ2) is 7.94. The molecule has 7 heteroatoms. The maximum atomic E-state index is 11.9. The fourth-order valence-electron chi connectivity index (χ4n) is 1.60. The number of unbranched alkanes of at least 4 members (excludes halogenated alkanes) is 1. The van der Waals surface area contributed by atoms with Gasteiger partial charge in [-0.3, -0.25) is 4.79 Å². The van der Waals surface area contributed by atoms with Crippen LogP contribution in [0.2, 0.25) is 0 Å². The van der Waals surface area contributed by atoms with E-state index in [9.17, 15) is 18.0 Å². The lowest BCUT2D eigenvalue weighted by atomic mass is 10.2. The third-order valence-electron chi connectivity index (χ3n) is 2.75. The average Bonchev–Trinajstić information content (AvgIpc) is 2.87. The molecule has 20 heavy (non-hydrogen) atoms. The number of alkyl halides is 3. The largest absolute Gasteiger partial charge is 0.467 e. The SMILES string of the molecule is CC(NCCCCC(F)(F)F)C(=O)NCc1ccco1. The van der Waals surface area contributed by atoms with E-state index in [1.54, 1.807) is 19.1 Å². The molecule has 1 aromatic heterocycles. The van der Waals surface area contributed by atoms with Crippen molar-refractivity contribution in [2.24, 2.45) is 0 Å². The van der Waals surface area contributed by atoms with Crippen LogP contribution < -0.4 is 10.6 Å². The molecule has 0 aliphatic rings. The Hall–Kier alpha value is -1.50. The molecule has 0 aromatic carbocycles. The van der Waals surface area contributed by atoms with E-state index >= 15 is 0 Å². The molecule has 0 aliphatic heterocycles. The summed E-state index contributed by atoms with van der Waals surface area (Å²) in [5, 5.41) is 5.56. The maximum Gasteiger partial charge on any atom is 0.389 e. The molecule has 1 rings (SSSR count). The van der Waals surface area contributed by atoms with Crippen LogP contribution in [0.25, 0.3) is 0 Å². The smallest absolute Gasteiger partial charge is 0.389 e. The van der Waals surface area contributed by atoms with Crippen molar-refractivity contribution in [2.45, 2.75) is 44.9 Å². The van der Waals surface area contributed by atoms with Gasteiger partial charge >= 0.3 is 6.18 Å². The Morgan fingerprint density at radius 1 is 1.40 bits per heavy atom. The van der Waals surface area contributed by atoms with Crippen molar-refractivity contribution in [1.82, 2.24) is 10.6 Å². The van der Waals surface area contributed by atoms with Gasteiger partial charge in [0.25, 0.3) is 0 Å². The summed E-state index contributed by atoms with van der Waals surface area (Å²) >= 11 is 0. The number of carbonyl (C=O) groups excluding carboxylic acids is 1. The summed E-state index contributed by atoms with van der Waals surface area (Å²) in [6.45, 7) is 2.35. The standard InChI is InChI=1S/C13H19F3N2O2/c1-10(17-7-3-2-6-13(14,15)16)12(19)18-9-11-5-4-8-20-11/h4-5,8,10,17H,2-3,6-7,9H2,1H3,(H,18,19). The first kappa shape index (κ1) is 16.6. The zero-order valence-electron chi connectivity index (χ0n) is 11.3. The first-order valence-electron chi connectivity index (χ1n) is 6.49. The van der Waals surface area contributed by atoms with E-state index in [1.807, 2.05) is 0 Å². The van der Waals surface area contributed by atoms with Gasteiger partial charge in [-0.25, -0.2) is 0 Å². The van der Waals surface area contributed by atoms with Gasteiger partial charge in [-0.05, 0) is 38.4 Å². The minimum Gasteiger partial charge on any atom is -0.467 e. The first-order valence-corrected chi connectivity index (χ1v) is 6.49. The highest BCUT2D eigenvalue weighted by Crippen LogP contribution is 2.21. The van der Waals surface area contributed by atoms with Crippen molar-refractivity contribution in [3.63, 3.8) is 0 Å². The fourth-order valence-corrected chi connectivity index (χ4v) is 1.60. The number of carbonyl (C=O) groups is 1. The van der Waals surface area contributed by atoms with E-state index in [1.165, 1.54) is 6.26 Å². The summed E-state index contributed by atoms with van der Waals surface area (Å²) in [5.74, 6) is 0.438. The second-order valence-electron chi connectivity index (χ2n) is 4.55. The number of rotatable bonds is 8. The van der Waals surface area contributed by atoms with Crippen molar-refractivity contribution < 1.29 is 22.4 Å². The van der Waals surface area contributed by atoms with Gasteiger partial charge in [0.1, 0.15) is 5.76 Å². The lowest BCUT2D eigenvalue weighted by molar-refractivity contribution is -0.135. The van der Waals surface area contributed by atoms with Gasteiger partial charge in [0.15, 0.2) is 0 Å². The van der Waals surface area contributed by atoms with Crippen molar-refractivity contribution >= 4 is 5.91 Å². The predicted octanol–water partition coefficient (Wildman–Crippen LogP) is 2.61. The van der Waals surface area contributed by atoms with Crippen molar-refractivity contribution in [3.8, 4) is 0 Å². The average molecular weight is 292 g/mol. The van der Waals surface area contributed by atoms with Gasteiger partial charge in [0, 0.05) is 6.42 Å². The summed E-state index contributed by atoms with van der Waals surface area (Å²) in [6, 6.07) is 3.02. The maximum absolute atomic E-state index is 11.9. The van der Waals surface area contributed by atoms with Crippen molar-refractivity contribution in [1.29, 1.82) is 0 Å². The van der Waals surface area contributed by atoms with Crippen molar-refractivity contribution in [3.05, 3.63) is 24.2 Å². The van der Waals surface area contributed by atoms with Gasteiger partial charge in [-0.15, -0.1) is 0 Å². The van der Waals surface area contributed by atoms with E-state index in [0.717, 1.165) is 0 Å². The van der Waals surface area contributed by atoms with Gasteiger partial charge in [0.2, 0.25) is 5.91 Å². The number of furan rings is 1. The van der Waals surface area contributed by atoms with Crippen LogP contribution in [0.5, 0.6) is 0 Å². The molecule has 0 spiro atoms. The van der Waals surface area contributed by atoms with Crippen LogP contribution in [0.1, 0.15) is 31.9 Å². The van der Waals surface area contributed by atoms with Crippen molar-refractivity contribution in [2.75, 3.05) is 6.54 Å². The topological polar surface area (TPSA) is 54.3 Å². The predicted molar refractivity (Wildman–Crippen MR) is 67.9 cm³/mol. The lowest BCUT2D eigenvalue weighted by Gasteiger charge is -2.13. The summed E-state index contributed by atoms with van der Waals surface area (Å²) in [6.07, 6.45) is -2.92. The molecule has 1 amide bonds. The zero-order chi connectivity index (χ0) is 15.0. The highest BCUT2D eigenvalue weighted by Gasteiger charge is 2.25. The van der Waals surface area contributed by atoms with Crippen LogP contribution in [0.15, 0.2) is 22.8 Å². The molecule has 0 aliphatic carbocycles. The Morgan fingerprint density at radius 2 is 2.15 bits per heavy atom. The number of amides is 1. The molecular weight excluding hydrogens is 273 g/mol. The summed E-state index contributed by atoms with van der Waals surface area (Å²) in [7, 11) is 0. The van der Waals surface area contributed by atoms with Gasteiger partial charge in [-0.2, -0.15) is 13.2 Å². The highest BCUT2D eigenvalue weighted by molar-refractivity contribution is 5.81. The Morgan fingerprint density at radius 3 is 2.75 bits per heavy atom. The van der Waals surface area contributed by atoms with Gasteiger partial charge < -0.3 is 15.1 Å². The van der Waals surface area contributed by atoms with Crippen LogP contribution in [-0.2, 0) is 11.3 Å². The Bertz CT molecular complexity index is 391. The quantitative estimate of drug-likeness (QED) is 0.724. The minimum atomic E-state index is -4.11. The third-order valence-corrected chi connectivity index (χ3v) is 2.75. The summed E-state index contributed by atoms with van der Waals surface area (Å²) in [4.78, 5) is 11.7. The zero-order valence-corrected chi connectivity index (χ0v) is 11.3. The first-order chi connectivity index (χ1) is 9.38. The molecule has 0 saturated heterocycles. The molecule has 1 aromatic rings. The Labute approximate surface area is 115 Å². The van der Waals surface area contributed by atoms with Crippen LogP contribution in [0.4, 0.5) is 13.2 Å². The van der Waals surface area contributed by atoms with Crippen LogP contribution >= 0.6 is 0 Å². The van der Waals surface area contributed by atoms with Crippen LogP contribution in [0, 0.1) is 0 Å². The van der Waals surface area contributed by atoms with E-state index in [2.05, 4.69) is 10.6 Å². The van der Waals surface area contributed by atoms with Gasteiger partial charge in [-0.1, -0.05) is 0 Å². The number of hydrogen-bond donors (Lipinski definition) is 2. The van der Waals surface area contributed by atoms with Crippen LogP contribution in [0.3, 0.4) is 0 Å². The molecule has 1 heterocycles. The molecule has 2 N–H and O–H groups in total. The number of hydrogen-bond acceptors (Lipinski definition) is 3. The highest BCUT2D eigenvalue weighted by atomic mass is 19.4. The molecule has 0 bridgehead atoms.